The molecule has 56 valence electrons. The van der Waals surface area contributed by atoms with Crippen molar-refractivity contribution in [2.45, 2.75) is 0 Å². The van der Waals surface area contributed by atoms with Crippen LogP contribution in [0.25, 0.3) is 10.6 Å². The summed E-state index contributed by atoms with van der Waals surface area (Å²) in [6.07, 6.45) is 1.50. The van der Waals surface area contributed by atoms with E-state index in [4.69, 9.17) is 16.1 Å². The maximum Gasteiger partial charge on any atom is 0.195 e. The Balaban J connectivity index is 2.53. The summed E-state index contributed by atoms with van der Waals surface area (Å²) in [4.78, 5) is 1.01. The van der Waals surface area contributed by atoms with Gasteiger partial charge in [0.1, 0.15) is 5.02 Å². The molecular formula is C7H4ClNOS. The molecule has 2 heterocycles. The van der Waals surface area contributed by atoms with Crippen LogP contribution in [0.2, 0.25) is 5.02 Å². The summed E-state index contributed by atoms with van der Waals surface area (Å²) in [6.45, 7) is 0. The van der Waals surface area contributed by atoms with Gasteiger partial charge in [-0.25, -0.2) is 0 Å². The Morgan fingerprint density at radius 2 is 2.45 bits per heavy atom. The first kappa shape index (κ1) is 6.88. The van der Waals surface area contributed by atoms with Crippen molar-refractivity contribution in [3.05, 3.63) is 28.7 Å². The molecule has 0 spiro atoms. The lowest BCUT2D eigenvalue weighted by Crippen LogP contribution is -1.63. The number of rotatable bonds is 1. The molecule has 0 bridgehead atoms. The summed E-state index contributed by atoms with van der Waals surface area (Å²) in [5.74, 6) is 0.654. The van der Waals surface area contributed by atoms with Crippen LogP contribution in [-0.2, 0) is 0 Å². The fourth-order valence-electron chi connectivity index (χ4n) is 0.798. The molecule has 2 aromatic heterocycles. The van der Waals surface area contributed by atoms with Gasteiger partial charge in [-0.05, 0) is 11.4 Å². The molecule has 0 aromatic carbocycles. The third-order valence-electron chi connectivity index (χ3n) is 1.27. The van der Waals surface area contributed by atoms with Crippen molar-refractivity contribution in [1.29, 1.82) is 0 Å². The first-order valence-electron chi connectivity index (χ1n) is 3.02. The van der Waals surface area contributed by atoms with Gasteiger partial charge >= 0.3 is 0 Å². The smallest absolute Gasteiger partial charge is 0.195 e. The maximum absolute atomic E-state index is 5.78. The van der Waals surface area contributed by atoms with Crippen LogP contribution in [-0.4, -0.2) is 5.16 Å². The highest BCUT2D eigenvalue weighted by Crippen LogP contribution is 2.30. The zero-order valence-corrected chi connectivity index (χ0v) is 7.02. The van der Waals surface area contributed by atoms with Gasteiger partial charge in [-0.2, -0.15) is 0 Å². The van der Waals surface area contributed by atoms with Gasteiger partial charge in [0.15, 0.2) is 5.76 Å². The quantitative estimate of drug-likeness (QED) is 0.683. The molecule has 0 aliphatic carbocycles. The SMILES string of the molecule is Clc1cnoc1-c1cccs1. The average molecular weight is 186 g/mol. The van der Waals surface area contributed by atoms with Crippen molar-refractivity contribution in [3.63, 3.8) is 0 Å². The summed E-state index contributed by atoms with van der Waals surface area (Å²) in [6, 6.07) is 3.88. The summed E-state index contributed by atoms with van der Waals surface area (Å²) >= 11 is 7.36. The summed E-state index contributed by atoms with van der Waals surface area (Å²) in [5.41, 5.74) is 0. The molecule has 2 aromatic rings. The molecule has 0 aliphatic heterocycles. The van der Waals surface area contributed by atoms with Crippen LogP contribution < -0.4 is 0 Å². The molecule has 0 N–H and O–H groups in total. The standard InChI is InChI=1S/C7H4ClNOS/c8-5-4-9-10-7(5)6-2-1-3-11-6/h1-4H. The lowest BCUT2D eigenvalue weighted by Gasteiger charge is -1.86. The molecule has 0 saturated carbocycles. The Bertz CT molecular complexity index is 341. The van der Waals surface area contributed by atoms with E-state index in [-0.39, 0.29) is 0 Å². The van der Waals surface area contributed by atoms with Crippen LogP contribution in [0.15, 0.2) is 28.2 Å². The van der Waals surface area contributed by atoms with Gasteiger partial charge in [0.25, 0.3) is 0 Å². The second kappa shape index (κ2) is 2.68. The summed E-state index contributed by atoms with van der Waals surface area (Å²) in [7, 11) is 0. The van der Waals surface area contributed by atoms with Gasteiger partial charge in [0.2, 0.25) is 0 Å². The molecule has 2 nitrogen and oxygen atoms in total. The fourth-order valence-corrected chi connectivity index (χ4v) is 1.75. The zero-order chi connectivity index (χ0) is 7.68. The highest BCUT2D eigenvalue weighted by molar-refractivity contribution is 7.13. The van der Waals surface area contributed by atoms with Crippen LogP contribution in [0.5, 0.6) is 0 Å². The third-order valence-corrected chi connectivity index (χ3v) is 2.41. The van der Waals surface area contributed by atoms with Crippen molar-refractivity contribution < 1.29 is 4.52 Å². The Hall–Kier alpha value is -0.800. The van der Waals surface area contributed by atoms with Crippen LogP contribution in [0, 0.1) is 0 Å². The van der Waals surface area contributed by atoms with E-state index in [9.17, 15) is 0 Å². The van der Waals surface area contributed by atoms with Gasteiger partial charge in [-0.1, -0.05) is 22.8 Å². The number of aromatic nitrogens is 1. The van der Waals surface area contributed by atoms with Gasteiger partial charge in [-0.3, -0.25) is 0 Å². The van der Waals surface area contributed by atoms with E-state index in [0.29, 0.717) is 10.8 Å². The van der Waals surface area contributed by atoms with Crippen molar-refractivity contribution in [2.24, 2.45) is 0 Å². The van der Waals surface area contributed by atoms with Crippen molar-refractivity contribution in [3.8, 4) is 10.6 Å². The maximum atomic E-state index is 5.78. The zero-order valence-electron chi connectivity index (χ0n) is 5.45. The number of hydrogen-bond donors (Lipinski definition) is 0. The minimum absolute atomic E-state index is 0.562. The van der Waals surface area contributed by atoms with E-state index >= 15 is 0 Å². The number of thiophene rings is 1. The molecule has 0 unspecified atom stereocenters. The van der Waals surface area contributed by atoms with Crippen LogP contribution in [0.1, 0.15) is 0 Å². The molecule has 0 fully saturated rings. The molecule has 0 aliphatic rings. The Morgan fingerprint density at radius 3 is 3.00 bits per heavy atom. The predicted molar refractivity (Wildman–Crippen MR) is 44.8 cm³/mol. The molecule has 0 atom stereocenters. The van der Waals surface area contributed by atoms with Gasteiger partial charge in [0, 0.05) is 0 Å². The average Bonchev–Trinajstić information content (AvgIpc) is 2.55. The lowest BCUT2D eigenvalue weighted by molar-refractivity contribution is 0.433. The summed E-state index contributed by atoms with van der Waals surface area (Å²) < 4.78 is 4.94. The van der Waals surface area contributed by atoms with Crippen LogP contribution >= 0.6 is 22.9 Å². The van der Waals surface area contributed by atoms with E-state index in [1.165, 1.54) is 6.20 Å². The highest BCUT2D eigenvalue weighted by Gasteiger charge is 2.08. The number of halogens is 1. The predicted octanol–water partition coefficient (Wildman–Crippen LogP) is 3.06. The Morgan fingerprint density at radius 1 is 1.55 bits per heavy atom. The van der Waals surface area contributed by atoms with E-state index < -0.39 is 0 Å². The number of hydrogen-bond acceptors (Lipinski definition) is 3. The Labute approximate surface area is 72.4 Å². The van der Waals surface area contributed by atoms with E-state index in [1.807, 2.05) is 17.5 Å². The van der Waals surface area contributed by atoms with E-state index in [2.05, 4.69) is 5.16 Å². The van der Waals surface area contributed by atoms with Gasteiger partial charge < -0.3 is 4.52 Å². The van der Waals surface area contributed by atoms with Crippen molar-refractivity contribution >= 4 is 22.9 Å². The molecule has 2 rings (SSSR count). The first-order valence-corrected chi connectivity index (χ1v) is 4.28. The molecule has 0 radical (unpaired) electrons. The molecule has 11 heavy (non-hydrogen) atoms. The minimum Gasteiger partial charge on any atom is -0.354 e. The third kappa shape index (κ3) is 1.17. The highest BCUT2D eigenvalue weighted by atomic mass is 35.5. The topological polar surface area (TPSA) is 26.0 Å². The first-order chi connectivity index (χ1) is 5.38. The van der Waals surface area contributed by atoms with Crippen LogP contribution in [0.3, 0.4) is 0 Å². The van der Waals surface area contributed by atoms with Crippen molar-refractivity contribution in [2.75, 3.05) is 0 Å². The Kier molecular flexibility index (Phi) is 1.68. The minimum atomic E-state index is 0.562. The second-order valence-electron chi connectivity index (χ2n) is 1.98. The lowest BCUT2D eigenvalue weighted by atomic mass is 10.4. The molecule has 0 amide bonds. The van der Waals surface area contributed by atoms with E-state index in [1.54, 1.807) is 11.3 Å². The number of nitrogens with zero attached hydrogens (tertiary/aromatic N) is 1. The monoisotopic (exact) mass is 185 g/mol. The molecule has 0 saturated heterocycles. The van der Waals surface area contributed by atoms with Crippen molar-refractivity contribution in [1.82, 2.24) is 5.16 Å². The normalized spacial score (nSPS) is 10.3. The molecular weight excluding hydrogens is 182 g/mol. The second-order valence-corrected chi connectivity index (χ2v) is 3.34. The molecule has 4 heteroatoms. The van der Waals surface area contributed by atoms with Crippen LogP contribution in [0.4, 0.5) is 0 Å². The van der Waals surface area contributed by atoms with Gasteiger partial charge in [0.05, 0.1) is 11.1 Å². The van der Waals surface area contributed by atoms with Gasteiger partial charge in [-0.15, -0.1) is 11.3 Å². The largest absolute Gasteiger partial charge is 0.354 e. The fraction of sp³-hybridized carbons (Fsp3) is 0. The van der Waals surface area contributed by atoms with E-state index in [0.717, 1.165) is 4.88 Å². The summed E-state index contributed by atoms with van der Waals surface area (Å²) in [5, 5.41) is 6.11.